The molecule has 0 aliphatic heterocycles. The number of carbonyl (C=O) groups excluding carboxylic acids is 1. The largest absolute Gasteiger partial charge is 0.353 e. The van der Waals surface area contributed by atoms with Gasteiger partial charge in [-0.3, -0.25) is 10.9 Å². The van der Waals surface area contributed by atoms with Crippen molar-refractivity contribution in [1.29, 1.82) is 0 Å². The normalized spacial score (nSPS) is 10.3. The number of benzene rings is 2. The van der Waals surface area contributed by atoms with Crippen LogP contribution in [0.3, 0.4) is 0 Å². The summed E-state index contributed by atoms with van der Waals surface area (Å²) in [6.07, 6.45) is 1.55. The van der Waals surface area contributed by atoms with Crippen LogP contribution in [0.2, 0.25) is 5.02 Å². The van der Waals surface area contributed by atoms with Gasteiger partial charge in [0.1, 0.15) is 0 Å². The molecule has 2 amide bonds. The van der Waals surface area contributed by atoms with Gasteiger partial charge in [-0.1, -0.05) is 60.6 Å². The van der Waals surface area contributed by atoms with Crippen LogP contribution in [-0.2, 0) is 0 Å². The van der Waals surface area contributed by atoms with Gasteiger partial charge in [-0.2, -0.15) is 5.10 Å². The molecule has 0 radical (unpaired) electrons. The molecule has 0 spiro atoms. The number of nitrogens with zero attached hydrogens (tertiary/aromatic N) is 1. The van der Waals surface area contributed by atoms with E-state index in [0.717, 1.165) is 11.1 Å². The topological polar surface area (TPSA) is 65.5 Å². The smallest absolute Gasteiger partial charge is 0.297 e. The summed E-state index contributed by atoms with van der Waals surface area (Å²) >= 11 is 6.14. The predicted molar refractivity (Wildman–Crippen MR) is 94.1 cm³/mol. The van der Waals surface area contributed by atoms with Gasteiger partial charge in [-0.25, -0.2) is 10.2 Å². The predicted octanol–water partition coefficient (Wildman–Crippen LogP) is 3.46. The van der Waals surface area contributed by atoms with Crippen molar-refractivity contribution in [3.05, 3.63) is 76.8 Å². The maximum Gasteiger partial charge on any atom is 0.353 e. The minimum atomic E-state index is -0.512. The van der Waals surface area contributed by atoms with Gasteiger partial charge < -0.3 is 0 Å². The fourth-order valence-electron chi connectivity index (χ4n) is 1.80. The lowest BCUT2D eigenvalue weighted by atomic mass is 10.1. The maximum atomic E-state index is 11.6. The zero-order chi connectivity index (χ0) is 16.7. The highest BCUT2D eigenvalue weighted by Crippen LogP contribution is 2.21. The Morgan fingerprint density at radius 3 is 2.61 bits per heavy atom. The van der Waals surface area contributed by atoms with Gasteiger partial charge in [0, 0.05) is 5.56 Å². The molecule has 0 fully saturated rings. The molecule has 0 heterocycles. The number of hydrogen-bond acceptors (Lipinski definition) is 3. The average Bonchev–Trinajstić information content (AvgIpc) is 2.53. The number of hydrazone groups is 1. The van der Waals surface area contributed by atoms with Crippen LogP contribution < -0.4 is 16.3 Å². The minimum Gasteiger partial charge on any atom is -0.297 e. The van der Waals surface area contributed by atoms with Gasteiger partial charge in [-0.05, 0) is 24.1 Å². The van der Waals surface area contributed by atoms with Crippen molar-refractivity contribution in [3.63, 3.8) is 0 Å². The lowest BCUT2D eigenvalue weighted by Gasteiger charge is -2.12. The van der Waals surface area contributed by atoms with E-state index in [0.29, 0.717) is 16.3 Å². The molecule has 0 saturated carbocycles. The summed E-state index contributed by atoms with van der Waals surface area (Å²) in [6.45, 7) is 5.79. The van der Waals surface area contributed by atoms with E-state index in [1.807, 2.05) is 55.5 Å². The molecule has 0 bridgehead atoms. The van der Waals surface area contributed by atoms with Crippen LogP contribution in [-0.4, -0.2) is 12.2 Å². The number of amides is 2. The summed E-state index contributed by atoms with van der Waals surface area (Å²) in [5, 5.41) is 4.40. The van der Waals surface area contributed by atoms with Gasteiger partial charge in [0.2, 0.25) is 0 Å². The second-order valence-electron chi connectivity index (χ2n) is 4.82. The second-order valence-corrected chi connectivity index (χ2v) is 5.23. The summed E-state index contributed by atoms with van der Waals surface area (Å²) in [7, 11) is 0. The molecular weight excluding hydrogens is 312 g/mol. The summed E-state index contributed by atoms with van der Waals surface area (Å²) in [4.78, 5) is 11.6. The molecule has 0 atom stereocenters. The lowest BCUT2D eigenvalue weighted by Crippen LogP contribution is -2.41. The molecule has 2 rings (SSSR count). The van der Waals surface area contributed by atoms with Crippen LogP contribution in [0.25, 0.3) is 5.70 Å². The first-order chi connectivity index (χ1) is 11.1. The number of carbonyl (C=O) groups is 1. The van der Waals surface area contributed by atoms with Crippen molar-refractivity contribution in [2.75, 3.05) is 0 Å². The van der Waals surface area contributed by atoms with E-state index >= 15 is 0 Å². The lowest BCUT2D eigenvalue weighted by molar-refractivity contribution is 0.239. The SMILES string of the molecule is C=C(NNC(=O)N/N=C/c1ccccc1)c1ccc(C)cc1Cl. The highest BCUT2D eigenvalue weighted by Gasteiger charge is 2.05. The number of hydrazine groups is 1. The van der Waals surface area contributed by atoms with Gasteiger partial charge in [0.25, 0.3) is 0 Å². The highest BCUT2D eigenvalue weighted by atomic mass is 35.5. The number of aryl methyl sites for hydroxylation is 1. The van der Waals surface area contributed by atoms with Crippen molar-refractivity contribution < 1.29 is 4.79 Å². The van der Waals surface area contributed by atoms with Crippen LogP contribution >= 0.6 is 11.6 Å². The molecule has 0 unspecified atom stereocenters. The van der Waals surface area contributed by atoms with E-state index in [-0.39, 0.29) is 0 Å². The number of hydrogen-bond donors (Lipinski definition) is 3. The molecule has 0 saturated heterocycles. The van der Waals surface area contributed by atoms with Crippen LogP contribution in [0.5, 0.6) is 0 Å². The fraction of sp³-hybridized carbons (Fsp3) is 0.0588. The molecule has 6 heteroatoms. The molecule has 118 valence electrons. The first-order valence-electron chi connectivity index (χ1n) is 6.92. The number of halogens is 1. The Morgan fingerprint density at radius 2 is 1.91 bits per heavy atom. The van der Waals surface area contributed by atoms with E-state index in [2.05, 4.69) is 28.0 Å². The molecule has 2 aromatic rings. The maximum absolute atomic E-state index is 11.6. The van der Waals surface area contributed by atoms with Gasteiger partial charge in [0.15, 0.2) is 0 Å². The first kappa shape index (κ1) is 16.6. The Morgan fingerprint density at radius 1 is 1.17 bits per heavy atom. The molecule has 23 heavy (non-hydrogen) atoms. The average molecular weight is 329 g/mol. The third-order valence-corrected chi connectivity index (χ3v) is 3.27. The zero-order valence-electron chi connectivity index (χ0n) is 12.6. The van der Waals surface area contributed by atoms with Crippen molar-refractivity contribution in [3.8, 4) is 0 Å². The molecular formula is C17H17ClN4O. The minimum absolute atomic E-state index is 0.484. The third kappa shape index (κ3) is 5.16. The molecule has 5 nitrogen and oxygen atoms in total. The third-order valence-electron chi connectivity index (χ3n) is 2.96. The van der Waals surface area contributed by atoms with Crippen molar-refractivity contribution in [2.45, 2.75) is 6.92 Å². The Hall–Kier alpha value is -2.79. The summed E-state index contributed by atoms with van der Waals surface area (Å²) < 4.78 is 0. The number of nitrogens with one attached hydrogen (secondary N) is 3. The quantitative estimate of drug-likeness (QED) is 0.581. The first-order valence-corrected chi connectivity index (χ1v) is 7.29. The van der Waals surface area contributed by atoms with Crippen LogP contribution in [0.15, 0.2) is 60.2 Å². The van der Waals surface area contributed by atoms with Gasteiger partial charge in [-0.15, -0.1) is 0 Å². The van der Waals surface area contributed by atoms with E-state index in [9.17, 15) is 4.79 Å². The van der Waals surface area contributed by atoms with Crippen molar-refractivity contribution in [2.24, 2.45) is 5.10 Å². The zero-order valence-corrected chi connectivity index (χ0v) is 13.4. The monoisotopic (exact) mass is 328 g/mol. The van der Waals surface area contributed by atoms with Crippen molar-refractivity contribution in [1.82, 2.24) is 16.3 Å². The summed E-state index contributed by atoms with van der Waals surface area (Å²) in [6, 6.07) is 14.5. The molecule has 0 aliphatic carbocycles. The van der Waals surface area contributed by atoms with E-state index in [4.69, 9.17) is 11.6 Å². The molecule has 0 aliphatic rings. The molecule has 2 aromatic carbocycles. The van der Waals surface area contributed by atoms with E-state index < -0.39 is 6.03 Å². The van der Waals surface area contributed by atoms with Crippen LogP contribution in [0.4, 0.5) is 4.79 Å². The molecule has 3 N–H and O–H groups in total. The standard InChI is InChI=1S/C17H17ClN4O/c1-12-8-9-15(16(18)10-12)13(2)20-22-17(23)21-19-11-14-6-4-3-5-7-14/h3-11,20H,2H2,1H3,(H2,21,22,23)/b19-11+. The second kappa shape index (κ2) is 8.00. The summed E-state index contributed by atoms with van der Waals surface area (Å²) in [5.74, 6) is 0. The number of rotatable bonds is 5. The van der Waals surface area contributed by atoms with Crippen LogP contribution in [0.1, 0.15) is 16.7 Å². The Labute approximate surface area is 140 Å². The van der Waals surface area contributed by atoms with E-state index in [1.54, 1.807) is 6.21 Å². The summed E-state index contributed by atoms with van der Waals surface area (Å²) in [5.41, 5.74) is 10.6. The Kier molecular flexibility index (Phi) is 5.77. The Bertz CT molecular complexity index is 729. The van der Waals surface area contributed by atoms with Gasteiger partial charge in [0.05, 0.1) is 16.9 Å². The molecule has 0 aromatic heterocycles. The van der Waals surface area contributed by atoms with E-state index in [1.165, 1.54) is 0 Å². The van der Waals surface area contributed by atoms with Crippen LogP contribution in [0, 0.1) is 6.92 Å². The number of urea groups is 1. The van der Waals surface area contributed by atoms with Gasteiger partial charge >= 0.3 is 6.03 Å². The highest BCUT2D eigenvalue weighted by molar-refractivity contribution is 6.32. The van der Waals surface area contributed by atoms with Crippen molar-refractivity contribution >= 4 is 29.5 Å². The Balaban J connectivity index is 1.82. The fourth-order valence-corrected chi connectivity index (χ4v) is 2.15.